The topological polar surface area (TPSA) is 29.1 Å². The van der Waals surface area contributed by atoms with Crippen LogP contribution in [0.15, 0.2) is 47.4 Å². The summed E-state index contributed by atoms with van der Waals surface area (Å²) in [5.41, 5.74) is 3.88. The first-order valence-corrected chi connectivity index (χ1v) is 7.63. The molecule has 0 aliphatic heterocycles. The van der Waals surface area contributed by atoms with E-state index in [0.717, 1.165) is 16.1 Å². The Morgan fingerprint density at radius 1 is 1.24 bits per heavy atom. The van der Waals surface area contributed by atoms with Crippen LogP contribution in [-0.4, -0.2) is 11.7 Å². The molecule has 1 amide bonds. The summed E-state index contributed by atoms with van der Waals surface area (Å²) in [5.74, 6) is 2.90. The average Bonchev–Trinajstić information content (AvgIpc) is 2.48. The maximum Gasteiger partial charge on any atom is 0.234 e. The number of hydrogen-bond donors (Lipinski definition) is 1. The zero-order valence-corrected chi connectivity index (χ0v) is 13.0. The second-order valence-electron chi connectivity index (χ2n) is 4.83. The van der Waals surface area contributed by atoms with Gasteiger partial charge in [-0.25, -0.2) is 0 Å². The fourth-order valence-corrected chi connectivity index (χ4v) is 2.81. The predicted molar refractivity (Wildman–Crippen MR) is 89.6 cm³/mol. The van der Waals surface area contributed by atoms with E-state index in [9.17, 15) is 4.79 Å². The van der Waals surface area contributed by atoms with Crippen LogP contribution in [0.25, 0.3) is 0 Å². The van der Waals surface area contributed by atoms with Crippen LogP contribution in [0, 0.1) is 26.2 Å². The lowest BCUT2D eigenvalue weighted by Gasteiger charge is -2.08. The fourth-order valence-electron chi connectivity index (χ4n) is 1.89. The van der Waals surface area contributed by atoms with Gasteiger partial charge in [0.05, 0.1) is 5.75 Å². The second kappa shape index (κ2) is 7.01. The summed E-state index contributed by atoms with van der Waals surface area (Å²) in [6, 6.07) is 13.5. The normalized spacial score (nSPS) is 9.95. The van der Waals surface area contributed by atoms with Crippen molar-refractivity contribution in [3.8, 4) is 12.3 Å². The standard InChI is InChI=1S/C18H17NOS/c1-4-15-6-5-7-16(11-15)19-18(20)12-21-17-10-13(2)8-9-14(17)3/h1,5-11H,12H2,2-3H3,(H,19,20). The molecule has 0 spiro atoms. The van der Waals surface area contributed by atoms with Crippen molar-refractivity contribution in [2.75, 3.05) is 11.1 Å². The smallest absolute Gasteiger partial charge is 0.234 e. The molecule has 21 heavy (non-hydrogen) atoms. The Morgan fingerprint density at radius 3 is 2.81 bits per heavy atom. The summed E-state index contributed by atoms with van der Waals surface area (Å²) in [6.07, 6.45) is 5.35. The quantitative estimate of drug-likeness (QED) is 0.682. The van der Waals surface area contributed by atoms with E-state index in [2.05, 4.69) is 43.3 Å². The summed E-state index contributed by atoms with van der Waals surface area (Å²) in [4.78, 5) is 13.1. The number of aryl methyl sites for hydroxylation is 2. The molecule has 2 nitrogen and oxygen atoms in total. The molecular weight excluding hydrogens is 278 g/mol. The molecule has 0 atom stereocenters. The van der Waals surface area contributed by atoms with Crippen LogP contribution in [0.1, 0.15) is 16.7 Å². The maximum atomic E-state index is 12.0. The van der Waals surface area contributed by atoms with E-state index in [0.29, 0.717) is 5.75 Å². The van der Waals surface area contributed by atoms with Gasteiger partial charge in [0.15, 0.2) is 0 Å². The minimum atomic E-state index is -0.0323. The largest absolute Gasteiger partial charge is 0.325 e. The van der Waals surface area contributed by atoms with Crippen molar-refractivity contribution in [3.63, 3.8) is 0 Å². The van der Waals surface area contributed by atoms with Crippen molar-refractivity contribution in [2.45, 2.75) is 18.7 Å². The third kappa shape index (κ3) is 4.40. The van der Waals surface area contributed by atoms with Crippen molar-refractivity contribution in [1.82, 2.24) is 0 Å². The van der Waals surface area contributed by atoms with Gasteiger partial charge in [-0.15, -0.1) is 18.2 Å². The molecule has 0 radical (unpaired) electrons. The molecule has 1 N–H and O–H groups in total. The number of benzene rings is 2. The third-order valence-electron chi connectivity index (χ3n) is 3.02. The molecule has 0 fully saturated rings. The second-order valence-corrected chi connectivity index (χ2v) is 5.85. The summed E-state index contributed by atoms with van der Waals surface area (Å²) in [7, 11) is 0. The minimum absolute atomic E-state index is 0.0323. The molecule has 0 unspecified atom stereocenters. The van der Waals surface area contributed by atoms with E-state index in [-0.39, 0.29) is 5.91 Å². The van der Waals surface area contributed by atoms with Crippen molar-refractivity contribution in [1.29, 1.82) is 0 Å². The summed E-state index contributed by atoms with van der Waals surface area (Å²) >= 11 is 1.55. The highest BCUT2D eigenvalue weighted by Crippen LogP contribution is 2.23. The number of thioether (sulfide) groups is 1. The van der Waals surface area contributed by atoms with Gasteiger partial charge in [0, 0.05) is 16.1 Å². The van der Waals surface area contributed by atoms with Crippen LogP contribution >= 0.6 is 11.8 Å². The minimum Gasteiger partial charge on any atom is -0.325 e. The number of hydrogen-bond acceptors (Lipinski definition) is 2. The Hall–Kier alpha value is -2.18. The Kier molecular flexibility index (Phi) is 5.08. The lowest BCUT2D eigenvalue weighted by atomic mass is 10.2. The zero-order valence-electron chi connectivity index (χ0n) is 12.1. The summed E-state index contributed by atoms with van der Waals surface area (Å²) in [5, 5.41) is 2.87. The number of carbonyl (C=O) groups is 1. The van der Waals surface area contributed by atoms with Gasteiger partial charge in [-0.05, 0) is 43.7 Å². The van der Waals surface area contributed by atoms with Gasteiger partial charge >= 0.3 is 0 Å². The first-order chi connectivity index (χ1) is 10.1. The number of terminal acetylenes is 1. The summed E-state index contributed by atoms with van der Waals surface area (Å²) in [6.45, 7) is 4.10. The van der Waals surface area contributed by atoms with E-state index in [1.54, 1.807) is 17.8 Å². The Labute approximate surface area is 130 Å². The van der Waals surface area contributed by atoms with Gasteiger partial charge in [0.1, 0.15) is 0 Å². The van der Waals surface area contributed by atoms with Crippen molar-refractivity contribution < 1.29 is 4.79 Å². The molecular formula is C18H17NOS. The third-order valence-corrected chi connectivity index (χ3v) is 4.17. The summed E-state index contributed by atoms with van der Waals surface area (Å²) < 4.78 is 0. The van der Waals surface area contributed by atoms with Crippen LogP contribution in [-0.2, 0) is 4.79 Å². The van der Waals surface area contributed by atoms with E-state index in [1.807, 2.05) is 18.2 Å². The van der Waals surface area contributed by atoms with E-state index >= 15 is 0 Å². The fraction of sp³-hybridized carbons (Fsp3) is 0.167. The van der Waals surface area contributed by atoms with Crippen molar-refractivity contribution in [3.05, 3.63) is 59.2 Å². The van der Waals surface area contributed by atoms with Gasteiger partial charge in [0.2, 0.25) is 5.91 Å². The van der Waals surface area contributed by atoms with Gasteiger partial charge in [-0.1, -0.05) is 29.7 Å². The van der Waals surface area contributed by atoms with Crippen LogP contribution in [0.4, 0.5) is 5.69 Å². The molecule has 2 rings (SSSR count). The van der Waals surface area contributed by atoms with Gasteiger partial charge < -0.3 is 5.32 Å². The SMILES string of the molecule is C#Cc1cccc(NC(=O)CSc2cc(C)ccc2C)c1. The lowest BCUT2D eigenvalue weighted by Crippen LogP contribution is -2.14. The molecule has 0 aliphatic rings. The first kappa shape index (κ1) is 15.2. The van der Waals surface area contributed by atoms with E-state index < -0.39 is 0 Å². The average molecular weight is 295 g/mol. The van der Waals surface area contributed by atoms with Crippen molar-refractivity contribution >= 4 is 23.4 Å². The van der Waals surface area contributed by atoms with Crippen LogP contribution in [0.2, 0.25) is 0 Å². The number of amides is 1. The Morgan fingerprint density at radius 2 is 2.05 bits per heavy atom. The molecule has 0 bridgehead atoms. The molecule has 0 heterocycles. The Balaban J connectivity index is 1.96. The highest BCUT2D eigenvalue weighted by atomic mass is 32.2. The highest BCUT2D eigenvalue weighted by molar-refractivity contribution is 8.00. The van der Waals surface area contributed by atoms with Crippen molar-refractivity contribution in [2.24, 2.45) is 0 Å². The van der Waals surface area contributed by atoms with Gasteiger partial charge in [-0.3, -0.25) is 4.79 Å². The molecule has 2 aromatic carbocycles. The van der Waals surface area contributed by atoms with Gasteiger partial charge in [0.25, 0.3) is 0 Å². The lowest BCUT2D eigenvalue weighted by molar-refractivity contribution is -0.113. The van der Waals surface area contributed by atoms with Crippen LogP contribution in [0.3, 0.4) is 0 Å². The van der Waals surface area contributed by atoms with Crippen LogP contribution in [0.5, 0.6) is 0 Å². The number of carbonyl (C=O) groups excluding carboxylic acids is 1. The Bertz CT molecular complexity index is 701. The molecule has 2 aromatic rings. The van der Waals surface area contributed by atoms with E-state index in [4.69, 9.17) is 6.42 Å². The van der Waals surface area contributed by atoms with E-state index in [1.165, 1.54) is 11.1 Å². The predicted octanol–water partition coefficient (Wildman–Crippen LogP) is 4.02. The highest BCUT2D eigenvalue weighted by Gasteiger charge is 2.06. The number of nitrogens with one attached hydrogen (secondary N) is 1. The first-order valence-electron chi connectivity index (χ1n) is 6.65. The monoisotopic (exact) mass is 295 g/mol. The number of anilines is 1. The zero-order chi connectivity index (χ0) is 15.2. The van der Waals surface area contributed by atoms with Crippen LogP contribution < -0.4 is 5.32 Å². The molecule has 106 valence electrons. The molecule has 3 heteroatoms. The molecule has 0 saturated heterocycles. The molecule has 0 saturated carbocycles. The van der Waals surface area contributed by atoms with Gasteiger partial charge in [-0.2, -0.15) is 0 Å². The molecule has 0 aromatic heterocycles. The maximum absolute atomic E-state index is 12.0. The molecule has 0 aliphatic carbocycles. The number of rotatable bonds is 4.